The summed E-state index contributed by atoms with van der Waals surface area (Å²) in [7, 11) is 0. The number of aromatic nitrogens is 3. The first-order chi connectivity index (χ1) is 14.5. The molecule has 2 heterocycles. The van der Waals surface area contributed by atoms with Gasteiger partial charge in [-0.05, 0) is 56.4 Å². The van der Waals surface area contributed by atoms with Crippen molar-refractivity contribution < 1.29 is 20.9 Å². The van der Waals surface area contributed by atoms with Gasteiger partial charge < -0.3 is 15.7 Å². The van der Waals surface area contributed by atoms with Crippen LogP contribution in [0.5, 0.6) is 0 Å². The molecule has 0 aromatic carbocycles. The number of nitrogens with one attached hydrogen (secondary N) is 2. The number of aryl methyl sites for hydroxylation is 1. The molecule has 160 valence electrons. The number of amides is 2. The molecule has 3 aliphatic rings. The van der Waals surface area contributed by atoms with Crippen LogP contribution in [-0.2, 0) is 17.6 Å². The molecule has 2 fully saturated rings. The fourth-order valence-corrected chi connectivity index (χ4v) is 5.22. The maximum Gasteiger partial charge on any atom is 0.355 e. The number of carboxylic acid groups (broad SMARTS) is 1. The van der Waals surface area contributed by atoms with Crippen LogP contribution >= 0.6 is 11.3 Å². The van der Waals surface area contributed by atoms with Crippen molar-refractivity contribution in [2.24, 2.45) is 11.8 Å². The van der Waals surface area contributed by atoms with Gasteiger partial charge in [-0.3, -0.25) is 9.59 Å². The topological polar surface area (TPSA) is 126 Å². The zero-order valence-electron chi connectivity index (χ0n) is 16.4. The van der Waals surface area contributed by atoms with E-state index in [2.05, 4.69) is 20.9 Å². The summed E-state index contributed by atoms with van der Waals surface area (Å²) in [6.07, 6.45) is 7.21. The summed E-state index contributed by atoms with van der Waals surface area (Å²) in [6.45, 7) is 0.648. The number of aromatic carboxylic acids is 1. The van der Waals surface area contributed by atoms with Crippen molar-refractivity contribution >= 4 is 34.1 Å². The minimum atomic E-state index is -1.07. The lowest BCUT2D eigenvalue weighted by molar-refractivity contribution is -0.117. The van der Waals surface area contributed by atoms with Crippen molar-refractivity contribution in [3.8, 4) is 0 Å². The molecule has 0 saturated heterocycles. The van der Waals surface area contributed by atoms with E-state index in [4.69, 9.17) is 0 Å². The predicted molar refractivity (Wildman–Crippen MR) is 111 cm³/mol. The van der Waals surface area contributed by atoms with Crippen molar-refractivity contribution in [2.75, 3.05) is 11.9 Å². The Bertz CT molecular complexity index is 1030. The summed E-state index contributed by atoms with van der Waals surface area (Å²) >= 11 is 1.47. The van der Waals surface area contributed by atoms with Crippen molar-refractivity contribution in [2.45, 2.75) is 51.0 Å². The number of hydrogen-bond acceptors (Lipinski definition) is 6. The van der Waals surface area contributed by atoms with Crippen molar-refractivity contribution in [1.29, 1.82) is 0 Å². The second kappa shape index (κ2) is 7.50. The standard InChI is InChI=1S/C20H23N5O4S.H2/c26-17(11-3-4-11)23-19-16(18(27)21-8-10-1-2-10)13-7-12(5-6-15(13)30-19)25-14(20(28)29)9-22-24-25;/h9-12H,1-8H2,(H,21,27)(H,23,26)(H,28,29);1H. The normalized spacial score (nSPS) is 20.5. The monoisotopic (exact) mass is 431 g/mol. The second-order valence-electron chi connectivity index (χ2n) is 8.39. The molecule has 0 aliphatic heterocycles. The summed E-state index contributed by atoms with van der Waals surface area (Å²) < 4.78 is 1.44. The van der Waals surface area contributed by atoms with Crippen LogP contribution in [0.4, 0.5) is 5.00 Å². The van der Waals surface area contributed by atoms with Gasteiger partial charge >= 0.3 is 5.97 Å². The van der Waals surface area contributed by atoms with Gasteiger partial charge in [-0.2, -0.15) is 0 Å². The lowest BCUT2D eigenvalue weighted by atomic mass is 9.91. The Morgan fingerprint density at radius 2 is 2.03 bits per heavy atom. The summed E-state index contributed by atoms with van der Waals surface area (Å²) in [5.41, 5.74) is 1.47. The number of carbonyl (C=O) groups is 3. The van der Waals surface area contributed by atoms with Crippen molar-refractivity contribution in [3.63, 3.8) is 0 Å². The third-order valence-corrected chi connectivity index (χ3v) is 7.24. The Morgan fingerprint density at radius 3 is 2.73 bits per heavy atom. The summed E-state index contributed by atoms with van der Waals surface area (Å²) in [5, 5.41) is 23.8. The molecule has 5 rings (SSSR count). The molecule has 0 bridgehead atoms. The van der Waals surface area contributed by atoms with E-state index in [9.17, 15) is 19.5 Å². The number of carboxylic acids is 1. The Kier molecular flexibility index (Phi) is 4.80. The van der Waals surface area contributed by atoms with E-state index >= 15 is 0 Å². The van der Waals surface area contributed by atoms with Crippen LogP contribution in [0.1, 0.15) is 70.9 Å². The van der Waals surface area contributed by atoms with Gasteiger partial charge in [0, 0.05) is 18.8 Å². The highest BCUT2D eigenvalue weighted by Crippen LogP contribution is 2.42. The number of fused-ring (bicyclic) bond motifs is 1. The molecule has 1 unspecified atom stereocenters. The van der Waals surface area contributed by atoms with Crippen LogP contribution in [0, 0.1) is 11.8 Å². The summed E-state index contributed by atoms with van der Waals surface area (Å²) in [4.78, 5) is 38.0. The number of anilines is 1. The van der Waals surface area contributed by atoms with E-state index in [1.807, 2.05) is 0 Å². The highest BCUT2D eigenvalue weighted by Gasteiger charge is 2.35. The summed E-state index contributed by atoms with van der Waals surface area (Å²) in [5.74, 6) is -0.661. The highest BCUT2D eigenvalue weighted by atomic mass is 32.1. The first-order valence-corrected chi connectivity index (χ1v) is 11.2. The number of thiophene rings is 1. The van der Waals surface area contributed by atoms with Gasteiger partial charge in [0.25, 0.3) is 5.91 Å². The smallest absolute Gasteiger partial charge is 0.355 e. The third-order valence-electron chi connectivity index (χ3n) is 6.04. The molecule has 3 aliphatic carbocycles. The van der Waals surface area contributed by atoms with Gasteiger partial charge in [0.05, 0.1) is 17.8 Å². The third kappa shape index (κ3) is 3.71. The van der Waals surface area contributed by atoms with E-state index in [1.54, 1.807) is 0 Å². The van der Waals surface area contributed by atoms with Crippen LogP contribution in [0.25, 0.3) is 0 Å². The fourth-order valence-electron chi connectivity index (χ4n) is 3.98. The van der Waals surface area contributed by atoms with Crippen LogP contribution < -0.4 is 10.6 Å². The average Bonchev–Trinajstić information content (AvgIpc) is 3.64. The van der Waals surface area contributed by atoms with Gasteiger partial charge in [-0.25, -0.2) is 9.48 Å². The molecule has 3 N–H and O–H groups in total. The predicted octanol–water partition coefficient (Wildman–Crippen LogP) is 2.50. The molecule has 30 heavy (non-hydrogen) atoms. The SMILES string of the molecule is O=C(NCC1CC1)c1c(NC(=O)C2CC2)sc2c1CC(n1nncc1C(=O)O)CC2.[HH]. The summed E-state index contributed by atoms with van der Waals surface area (Å²) in [6, 6.07) is -0.192. The van der Waals surface area contributed by atoms with Crippen LogP contribution in [-0.4, -0.2) is 44.4 Å². The lowest BCUT2D eigenvalue weighted by Crippen LogP contribution is -2.29. The highest BCUT2D eigenvalue weighted by molar-refractivity contribution is 7.17. The zero-order valence-corrected chi connectivity index (χ0v) is 17.2. The Morgan fingerprint density at radius 1 is 1.23 bits per heavy atom. The van der Waals surface area contributed by atoms with Gasteiger partial charge in [0.2, 0.25) is 5.91 Å². The molecule has 9 nitrogen and oxygen atoms in total. The number of nitrogens with zero attached hydrogens (tertiary/aromatic N) is 3. The Balaban J connectivity index is 0.00000231. The van der Waals surface area contributed by atoms with E-state index in [0.29, 0.717) is 42.3 Å². The number of rotatable bonds is 7. The molecule has 2 amide bonds. The van der Waals surface area contributed by atoms with E-state index in [-0.39, 0.29) is 30.9 Å². The molecule has 2 saturated carbocycles. The largest absolute Gasteiger partial charge is 0.476 e. The van der Waals surface area contributed by atoms with Crippen molar-refractivity contribution in [3.05, 3.63) is 27.9 Å². The number of hydrogen-bond donors (Lipinski definition) is 3. The first kappa shape index (κ1) is 19.2. The quantitative estimate of drug-likeness (QED) is 0.618. The molecular formula is C20H25N5O4S. The molecule has 10 heteroatoms. The van der Waals surface area contributed by atoms with E-state index in [0.717, 1.165) is 36.1 Å². The van der Waals surface area contributed by atoms with Gasteiger partial charge in [0.1, 0.15) is 5.00 Å². The van der Waals surface area contributed by atoms with Gasteiger partial charge in [0.15, 0.2) is 5.69 Å². The maximum atomic E-state index is 13.1. The second-order valence-corrected chi connectivity index (χ2v) is 9.50. The maximum absolute atomic E-state index is 13.1. The minimum Gasteiger partial charge on any atom is -0.476 e. The minimum absolute atomic E-state index is 0. The molecule has 1 atom stereocenters. The number of carbonyl (C=O) groups excluding carboxylic acids is 2. The van der Waals surface area contributed by atoms with Crippen molar-refractivity contribution in [1.82, 2.24) is 20.3 Å². The fraction of sp³-hybridized carbons (Fsp3) is 0.550. The first-order valence-electron chi connectivity index (χ1n) is 10.4. The molecular weight excluding hydrogens is 406 g/mol. The Labute approximate surface area is 178 Å². The zero-order chi connectivity index (χ0) is 20.8. The average molecular weight is 432 g/mol. The lowest BCUT2D eigenvalue weighted by Gasteiger charge is -2.23. The van der Waals surface area contributed by atoms with Gasteiger partial charge in [-0.15, -0.1) is 16.4 Å². The van der Waals surface area contributed by atoms with E-state index < -0.39 is 5.97 Å². The van der Waals surface area contributed by atoms with E-state index in [1.165, 1.54) is 22.2 Å². The molecule has 2 aromatic heterocycles. The molecule has 0 spiro atoms. The van der Waals surface area contributed by atoms with Crippen LogP contribution in [0.3, 0.4) is 0 Å². The molecule has 0 radical (unpaired) electrons. The van der Waals surface area contributed by atoms with Gasteiger partial charge in [-0.1, -0.05) is 5.21 Å². The Hall–Kier alpha value is -2.75. The van der Waals surface area contributed by atoms with Crippen LogP contribution in [0.15, 0.2) is 6.20 Å². The van der Waals surface area contributed by atoms with Crippen LogP contribution in [0.2, 0.25) is 0 Å². The molecule has 2 aromatic rings.